The number of amides is 1. The molecule has 1 saturated carbocycles. The van der Waals surface area contributed by atoms with Gasteiger partial charge in [-0.15, -0.1) is 6.58 Å². The van der Waals surface area contributed by atoms with E-state index in [1.165, 1.54) is 16.3 Å². The summed E-state index contributed by atoms with van der Waals surface area (Å²) in [7, 11) is 0. The molecule has 28 heavy (non-hydrogen) atoms. The van der Waals surface area contributed by atoms with Crippen LogP contribution in [-0.4, -0.2) is 26.2 Å². The van der Waals surface area contributed by atoms with Crippen molar-refractivity contribution in [3.63, 3.8) is 0 Å². The van der Waals surface area contributed by atoms with Crippen LogP contribution in [0.25, 0.3) is 10.9 Å². The number of nitrogens with zero attached hydrogens (tertiary/aromatic N) is 3. The fourth-order valence-electron chi connectivity index (χ4n) is 3.50. The third-order valence-corrected chi connectivity index (χ3v) is 6.16. The average molecular weight is 397 g/mol. The van der Waals surface area contributed by atoms with Gasteiger partial charge in [0.15, 0.2) is 5.16 Å². The number of fused-ring (bicyclic) bond motifs is 1. The number of nitriles is 1. The van der Waals surface area contributed by atoms with E-state index in [4.69, 9.17) is 0 Å². The van der Waals surface area contributed by atoms with Crippen LogP contribution in [0.5, 0.6) is 0 Å². The van der Waals surface area contributed by atoms with Gasteiger partial charge in [-0.05, 0) is 31.9 Å². The quantitative estimate of drug-likeness (QED) is 0.459. The van der Waals surface area contributed by atoms with Crippen LogP contribution in [0.1, 0.15) is 39.0 Å². The minimum Gasteiger partial charge on any atom is -0.337 e. The first-order valence-electron chi connectivity index (χ1n) is 9.50. The number of aromatic nitrogens is 2. The van der Waals surface area contributed by atoms with Crippen molar-refractivity contribution in [3.05, 3.63) is 47.3 Å². The van der Waals surface area contributed by atoms with Gasteiger partial charge >= 0.3 is 0 Å². The molecular weight excluding hydrogens is 372 g/mol. The SMILES string of the molecule is C=CCn1c(S[C@@H](C)C(=O)NC2(C#N)CCCCC2)nc2ccccc2c1=O. The summed E-state index contributed by atoms with van der Waals surface area (Å²) in [6.07, 6.45) is 5.99. The predicted octanol–water partition coefficient (Wildman–Crippen LogP) is 3.41. The van der Waals surface area contributed by atoms with Gasteiger partial charge in [-0.25, -0.2) is 4.98 Å². The first-order chi connectivity index (χ1) is 13.5. The summed E-state index contributed by atoms with van der Waals surface area (Å²) in [5.74, 6) is -0.207. The maximum Gasteiger partial charge on any atom is 0.262 e. The summed E-state index contributed by atoms with van der Waals surface area (Å²) < 4.78 is 1.53. The van der Waals surface area contributed by atoms with Crippen LogP contribution in [0.2, 0.25) is 0 Å². The van der Waals surface area contributed by atoms with Crippen LogP contribution in [-0.2, 0) is 11.3 Å². The number of hydrogen-bond donors (Lipinski definition) is 1. The van der Waals surface area contributed by atoms with Gasteiger partial charge in [-0.3, -0.25) is 14.2 Å². The van der Waals surface area contributed by atoms with Crippen LogP contribution in [0, 0.1) is 11.3 Å². The zero-order valence-corrected chi connectivity index (χ0v) is 16.8. The topological polar surface area (TPSA) is 87.8 Å². The van der Waals surface area contributed by atoms with Crippen molar-refractivity contribution in [1.82, 2.24) is 14.9 Å². The van der Waals surface area contributed by atoms with Gasteiger partial charge in [0, 0.05) is 6.54 Å². The second-order valence-electron chi connectivity index (χ2n) is 7.12. The molecule has 0 bridgehead atoms. The first kappa shape index (κ1) is 20.2. The van der Waals surface area contributed by atoms with Crippen LogP contribution >= 0.6 is 11.8 Å². The van der Waals surface area contributed by atoms with Gasteiger partial charge in [0.2, 0.25) is 5.91 Å². The van der Waals surface area contributed by atoms with Crippen LogP contribution in [0.15, 0.2) is 46.9 Å². The molecule has 1 aliphatic rings. The molecule has 1 heterocycles. The number of rotatable bonds is 6. The molecule has 6 nitrogen and oxygen atoms in total. The molecule has 1 amide bonds. The molecule has 2 aromatic rings. The Kier molecular flexibility index (Phi) is 6.20. The largest absolute Gasteiger partial charge is 0.337 e. The molecule has 1 N–H and O–H groups in total. The first-order valence-corrected chi connectivity index (χ1v) is 10.4. The normalized spacial score (nSPS) is 16.9. The van der Waals surface area contributed by atoms with Crippen molar-refractivity contribution in [2.24, 2.45) is 0 Å². The van der Waals surface area contributed by atoms with Crippen LogP contribution in [0.4, 0.5) is 0 Å². The van der Waals surface area contributed by atoms with Crippen molar-refractivity contribution in [3.8, 4) is 6.07 Å². The smallest absolute Gasteiger partial charge is 0.262 e. The number of benzene rings is 1. The van der Waals surface area contributed by atoms with Gasteiger partial charge < -0.3 is 5.32 Å². The minimum atomic E-state index is -0.776. The predicted molar refractivity (Wildman–Crippen MR) is 111 cm³/mol. The number of hydrogen-bond acceptors (Lipinski definition) is 5. The summed E-state index contributed by atoms with van der Waals surface area (Å²) >= 11 is 1.23. The molecule has 1 aliphatic carbocycles. The zero-order chi connectivity index (χ0) is 20.1. The Morgan fingerprint density at radius 1 is 1.43 bits per heavy atom. The second kappa shape index (κ2) is 8.61. The summed E-state index contributed by atoms with van der Waals surface area (Å²) in [6.45, 7) is 5.80. The standard InChI is InChI=1S/C21H24N4O2S/c1-3-13-25-19(27)16-9-5-6-10-17(16)23-20(25)28-15(2)18(26)24-21(14-22)11-7-4-8-12-21/h3,5-6,9-10,15H,1,4,7-8,11-13H2,2H3,(H,24,26)/t15-/m0/s1. The monoisotopic (exact) mass is 396 g/mol. The maximum atomic E-state index is 12.8. The fraction of sp³-hybridized carbons (Fsp3) is 0.429. The van der Waals surface area contributed by atoms with E-state index in [9.17, 15) is 14.9 Å². The van der Waals surface area contributed by atoms with Gasteiger partial charge in [0.25, 0.3) is 5.56 Å². The molecule has 0 saturated heterocycles. The number of carbonyl (C=O) groups is 1. The Balaban J connectivity index is 1.85. The lowest BCUT2D eigenvalue weighted by molar-refractivity contribution is -0.121. The molecule has 1 aromatic heterocycles. The minimum absolute atomic E-state index is 0.151. The molecule has 0 radical (unpaired) electrons. The van der Waals surface area contributed by atoms with E-state index in [1.54, 1.807) is 31.2 Å². The van der Waals surface area contributed by atoms with Gasteiger partial charge in [-0.1, -0.05) is 49.2 Å². The van der Waals surface area contributed by atoms with Crippen molar-refractivity contribution in [2.75, 3.05) is 0 Å². The van der Waals surface area contributed by atoms with Crippen molar-refractivity contribution >= 4 is 28.6 Å². The molecular formula is C21H24N4O2S. The van der Waals surface area contributed by atoms with Crippen LogP contribution in [0.3, 0.4) is 0 Å². The lowest BCUT2D eigenvalue weighted by Gasteiger charge is -2.32. The number of carbonyl (C=O) groups excluding carboxylic acids is 1. The average Bonchev–Trinajstić information content (AvgIpc) is 2.71. The molecule has 0 aliphatic heterocycles. The lowest BCUT2D eigenvalue weighted by atomic mass is 9.83. The number of nitrogens with one attached hydrogen (secondary N) is 1. The Labute approximate surface area is 168 Å². The summed E-state index contributed by atoms with van der Waals surface area (Å²) in [5.41, 5.74) is -0.327. The molecule has 1 atom stereocenters. The summed E-state index contributed by atoms with van der Waals surface area (Å²) in [4.78, 5) is 30.2. The highest BCUT2D eigenvalue weighted by molar-refractivity contribution is 8.00. The highest BCUT2D eigenvalue weighted by Gasteiger charge is 2.35. The third-order valence-electron chi connectivity index (χ3n) is 5.07. The summed E-state index contributed by atoms with van der Waals surface area (Å²) in [6, 6.07) is 9.47. The Hall–Kier alpha value is -2.59. The maximum absolute atomic E-state index is 12.8. The highest BCUT2D eigenvalue weighted by atomic mass is 32.2. The van der Waals surface area contributed by atoms with E-state index in [0.717, 1.165) is 19.3 Å². The second-order valence-corrected chi connectivity index (χ2v) is 8.43. The fourth-order valence-corrected chi connectivity index (χ4v) is 4.41. The van der Waals surface area contributed by atoms with Crippen molar-refractivity contribution < 1.29 is 4.79 Å². The molecule has 146 valence electrons. The van der Waals surface area contributed by atoms with E-state index < -0.39 is 10.8 Å². The van der Waals surface area contributed by atoms with E-state index in [1.807, 2.05) is 6.07 Å². The Morgan fingerprint density at radius 3 is 2.82 bits per heavy atom. The van der Waals surface area contributed by atoms with Gasteiger partial charge in [0.1, 0.15) is 5.54 Å². The Morgan fingerprint density at radius 2 is 2.14 bits per heavy atom. The molecule has 1 aromatic carbocycles. The van der Waals surface area contributed by atoms with E-state index in [0.29, 0.717) is 35.4 Å². The molecule has 0 unspecified atom stereocenters. The zero-order valence-electron chi connectivity index (χ0n) is 16.0. The third kappa shape index (κ3) is 4.12. The van der Waals surface area contributed by atoms with Gasteiger partial charge in [-0.2, -0.15) is 5.26 Å². The summed E-state index contributed by atoms with van der Waals surface area (Å²) in [5, 5.41) is 13.1. The van der Waals surface area contributed by atoms with E-state index in [-0.39, 0.29) is 11.5 Å². The van der Waals surface area contributed by atoms with E-state index in [2.05, 4.69) is 22.9 Å². The van der Waals surface area contributed by atoms with Crippen LogP contribution < -0.4 is 10.9 Å². The lowest BCUT2D eigenvalue weighted by Crippen LogP contribution is -2.51. The van der Waals surface area contributed by atoms with Crippen molar-refractivity contribution in [2.45, 2.75) is 61.5 Å². The number of para-hydroxylation sites is 1. The molecule has 3 rings (SSSR count). The number of allylic oxidation sites excluding steroid dienone is 1. The van der Waals surface area contributed by atoms with Crippen molar-refractivity contribution in [1.29, 1.82) is 5.26 Å². The van der Waals surface area contributed by atoms with Gasteiger partial charge in [0.05, 0.1) is 22.2 Å². The van der Waals surface area contributed by atoms with E-state index >= 15 is 0 Å². The molecule has 0 spiro atoms. The molecule has 7 heteroatoms. The highest BCUT2D eigenvalue weighted by Crippen LogP contribution is 2.29. The Bertz CT molecular complexity index is 986. The number of thioether (sulfide) groups is 1. The molecule has 1 fully saturated rings.